The minimum atomic E-state index is -0.00671. The van der Waals surface area contributed by atoms with Crippen molar-refractivity contribution in [3.63, 3.8) is 0 Å². The third-order valence-electron chi connectivity index (χ3n) is 5.40. The van der Waals surface area contributed by atoms with Gasteiger partial charge in [-0.3, -0.25) is 0 Å². The van der Waals surface area contributed by atoms with Gasteiger partial charge in [-0.2, -0.15) is 0 Å². The first-order valence-corrected chi connectivity index (χ1v) is 7.17. The van der Waals surface area contributed by atoms with E-state index in [2.05, 4.69) is 26.5 Å². The van der Waals surface area contributed by atoms with Crippen LogP contribution in [0.1, 0.15) is 52.4 Å². The van der Waals surface area contributed by atoms with Crippen LogP contribution in [0.3, 0.4) is 0 Å². The third kappa shape index (κ3) is 1.87. The van der Waals surface area contributed by atoms with E-state index in [1.165, 1.54) is 17.6 Å². The van der Waals surface area contributed by atoms with Crippen molar-refractivity contribution in [2.45, 2.75) is 52.4 Å². The second kappa shape index (κ2) is 4.85. The highest BCUT2D eigenvalue weighted by Crippen LogP contribution is 2.60. The molecule has 0 saturated heterocycles. The molecular formula is C17H26O. The van der Waals surface area contributed by atoms with Crippen LogP contribution in [-0.2, 0) is 0 Å². The Bertz CT molecular complexity index is 368. The zero-order valence-corrected chi connectivity index (χ0v) is 11.8. The first kappa shape index (κ1) is 13.9. The van der Waals surface area contributed by atoms with Crippen molar-refractivity contribution >= 4 is 0 Å². The highest BCUT2D eigenvalue weighted by molar-refractivity contribution is 5.32. The molecule has 0 aromatic carbocycles. The SMILES string of the molecule is [CH]C[C@]1(C)C2=CCCC[C@]2(CO)CC[C@H]1C(=C)C. The minimum Gasteiger partial charge on any atom is -0.395 e. The Labute approximate surface area is 112 Å². The molecule has 3 atom stereocenters. The van der Waals surface area contributed by atoms with Gasteiger partial charge in [0.15, 0.2) is 0 Å². The summed E-state index contributed by atoms with van der Waals surface area (Å²) < 4.78 is 0. The molecule has 0 spiro atoms. The molecule has 0 amide bonds. The minimum absolute atomic E-state index is 0.00671. The Balaban J connectivity index is 2.46. The zero-order chi connectivity index (χ0) is 13.4. The van der Waals surface area contributed by atoms with Crippen molar-refractivity contribution in [3.8, 4) is 0 Å². The Morgan fingerprint density at radius 2 is 2.28 bits per heavy atom. The molecule has 18 heavy (non-hydrogen) atoms. The van der Waals surface area contributed by atoms with Crippen LogP contribution in [0.5, 0.6) is 0 Å². The van der Waals surface area contributed by atoms with Gasteiger partial charge in [0.25, 0.3) is 0 Å². The number of aliphatic hydroxyl groups is 1. The molecule has 2 aliphatic rings. The topological polar surface area (TPSA) is 20.2 Å². The smallest absolute Gasteiger partial charge is 0.0524 e. The van der Waals surface area contributed by atoms with E-state index in [9.17, 15) is 5.11 Å². The first-order chi connectivity index (χ1) is 8.50. The number of allylic oxidation sites excluding steroid dienone is 2. The maximum atomic E-state index is 9.93. The van der Waals surface area contributed by atoms with Gasteiger partial charge in [-0.05, 0) is 63.7 Å². The molecule has 2 aliphatic carbocycles. The lowest BCUT2D eigenvalue weighted by Gasteiger charge is -2.54. The van der Waals surface area contributed by atoms with Gasteiger partial charge < -0.3 is 5.11 Å². The van der Waals surface area contributed by atoms with Crippen molar-refractivity contribution in [2.75, 3.05) is 6.61 Å². The van der Waals surface area contributed by atoms with Crippen molar-refractivity contribution in [2.24, 2.45) is 16.7 Å². The number of aliphatic hydroxyl groups excluding tert-OH is 1. The van der Waals surface area contributed by atoms with Crippen molar-refractivity contribution in [1.82, 2.24) is 0 Å². The summed E-state index contributed by atoms with van der Waals surface area (Å²) in [4.78, 5) is 0. The molecule has 1 fully saturated rings. The lowest BCUT2D eigenvalue weighted by Crippen LogP contribution is -2.46. The second-order valence-corrected chi connectivity index (χ2v) is 6.51. The van der Waals surface area contributed by atoms with E-state index in [4.69, 9.17) is 6.92 Å². The highest BCUT2D eigenvalue weighted by Gasteiger charge is 2.51. The van der Waals surface area contributed by atoms with Crippen LogP contribution in [0.15, 0.2) is 23.8 Å². The third-order valence-corrected chi connectivity index (χ3v) is 5.40. The van der Waals surface area contributed by atoms with E-state index in [0.29, 0.717) is 12.3 Å². The quantitative estimate of drug-likeness (QED) is 0.741. The van der Waals surface area contributed by atoms with Gasteiger partial charge in [0.05, 0.1) is 6.61 Å². The molecule has 1 heteroatoms. The van der Waals surface area contributed by atoms with Crippen LogP contribution in [0.25, 0.3) is 0 Å². The van der Waals surface area contributed by atoms with Crippen LogP contribution < -0.4 is 0 Å². The zero-order valence-electron chi connectivity index (χ0n) is 11.8. The van der Waals surface area contributed by atoms with Crippen molar-refractivity contribution in [1.29, 1.82) is 0 Å². The normalized spacial score (nSPS) is 40.0. The van der Waals surface area contributed by atoms with Gasteiger partial charge in [0.1, 0.15) is 0 Å². The fourth-order valence-electron chi connectivity index (χ4n) is 4.35. The summed E-state index contributed by atoms with van der Waals surface area (Å²) in [6.45, 7) is 15.0. The average molecular weight is 246 g/mol. The summed E-state index contributed by atoms with van der Waals surface area (Å²) in [6, 6.07) is 0. The standard InChI is InChI=1S/C17H26O/c1-5-16(4)14(13(2)3)9-11-17(12-18)10-7-6-8-15(16)17/h1,8,14,18H,2,5-7,9-12H2,3-4H3/t14-,16-,17+/m0/s1. The molecule has 0 bridgehead atoms. The van der Waals surface area contributed by atoms with E-state index in [1.807, 2.05) is 0 Å². The summed E-state index contributed by atoms with van der Waals surface area (Å²) in [5, 5.41) is 9.93. The second-order valence-electron chi connectivity index (χ2n) is 6.51. The molecule has 0 aromatic heterocycles. The predicted molar refractivity (Wildman–Crippen MR) is 76.0 cm³/mol. The van der Waals surface area contributed by atoms with Gasteiger partial charge in [-0.1, -0.05) is 30.7 Å². The summed E-state index contributed by atoms with van der Waals surface area (Å²) >= 11 is 0. The van der Waals surface area contributed by atoms with Gasteiger partial charge in [-0.15, -0.1) is 0 Å². The van der Waals surface area contributed by atoms with Crippen LogP contribution in [0.4, 0.5) is 0 Å². The lowest BCUT2D eigenvalue weighted by atomic mass is 9.50. The summed E-state index contributed by atoms with van der Waals surface area (Å²) in [7, 11) is 0. The Morgan fingerprint density at radius 1 is 1.56 bits per heavy atom. The van der Waals surface area contributed by atoms with E-state index in [1.54, 1.807) is 0 Å². The molecule has 1 nitrogen and oxygen atoms in total. The first-order valence-electron chi connectivity index (χ1n) is 7.17. The van der Waals surface area contributed by atoms with Gasteiger partial charge in [0, 0.05) is 5.41 Å². The molecule has 2 radical (unpaired) electrons. The number of hydrogen-bond donors (Lipinski definition) is 1. The maximum Gasteiger partial charge on any atom is 0.0524 e. The number of rotatable bonds is 3. The molecule has 2 rings (SSSR count). The summed E-state index contributed by atoms with van der Waals surface area (Å²) in [6.07, 6.45) is 8.66. The van der Waals surface area contributed by atoms with Crippen molar-refractivity contribution < 1.29 is 5.11 Å². The molecule has 0 aromatic rings. The molecule has 1 saturated carbocycles. The Kier molecular flexibility index (Phi) is 3.73. The van der Waals surface area contributed by atoms with Gasteiger partial charge >= 0.3 is 0 Å². The van der Waals surface area contributed by atoms with E-state index in [0.717, 1.165) is 25.7 Å². The van der Waals surface area contributed by atoms with Crippen LogP contribution >= 0.6 is 0 Å². The largest absolute Gasteiger partial charge is 0.395 e. The predicted octanol–water partition coefficient (Wildman–Crippen LogP) is 4.17. The average Bonchev–Trinajstić information content (AvgIpc) is 2.38. The van der Waals surface area contributed by atoms with Gasteiger partial charge in [0.2, 0.25) is 0 Å². The number of hydrogen-bond acceptors (Lipinski definition) is 1. The van der Waals surface area contributed by atoms with E-state index >= 15 is 0 Å². The molecule has 100 valence electrons. The highest BCUT2D eigenvalue weighted by atomic mass is 16.3. The molecule has 0 aliphatic heterocycles. The fourth-order valence-corrected chi connectivity index (χ4v) is 4.35. The van der Waals surface area contributed by atoms with E-state index < -0.39 is 0 Å². The van der Waals surface area contributed by atoms with Crippen LogP contribution in [0.2, 0.25) is 0 Å². The summed E-state index contributed by atoms with van der Waals surface area (Å²) in [5.74, 6) is 0.464. The molecular weight excluding hydrogens is 220 g/mol. The Hall–Kier alpha value is -0.560. The maximum absolute atomic E-state index is 9.93. The van der Waals surface area contributed by atoms with Crippen LogP contribution in [-0.4, -0.2) is 11.7 Å². The monoisotopic (exact) mass is 246 g/mol. The van der Waals surface area contributed by atoms with Crippen molar-refractivity contribution in [3.05, 3.63) is 30.7 Å². The molecule has 0 heterocycles. The molecule has 0 unspecified atom stereocenters. The van der Waals surface area contributed by atoms with Gasteiger partial charge in [-0.25, -0.2) is 0 Å². The van der Waals surface area contributed by atoms with Crippen LogP contribution in [0, 0.1) is 23.7 Å². The van der Waals surface area contributed by atoms with E-state index in [-0.39, 0.29) is 17.4 Å². The number of fused-ring (bicyclic) bond motifs is 1. The molecule has 1 N–H and O–H groups in total. The fraction of sp³-hybridized carbons (Fsp3) is 0.706. The lowest BCUT2D eigenvalue weighted by molar-refractivity contribution is 0.0479. The summed E-state index contributed by atoms with van der Waals surface area (Å²) in [5.41, 5.74) is 2.66. The Morgan fingerprint density at radius 3 is 2.83 bits per heavy atom.